The van der Waals surface area contributed by atoms with Crippen LogP contribution in [0.3, 0.4) is 0 Å². The molecule has 1 aromatic heterocycles. The monoisotopic (exact) mass is 241 g/mol. The van der Waals surface area contributed by atoms with E-state index in [1.807, 2.05) is 4.68 Å². The summed E-state index contributed by atoms with van der Waals surface area (Å²) in [4.78, 5) is 4.30. The van der Waals surface area contributed by atoms with Crippen molar-refractivity contribution in [2.45, 2.75) is 57.4 Å². The molecule has 90 valence electrons. The van der Waals surface area contributed by atoms with Crippen LogP contribution in [0.5, 0.6) is 0 Å². The van der Waals surface area contributed by atoms with E-state index in [1.54, 1.807) is 6.33 Å². The van der Waals surface area contributed by atoms with E-state index in [9.17, 15) is 0 Å². The van der Waals surface area contributed by atoms with Gasteiger partial charge < -0.3 is 0 Å². The molecular formula is C12H20ClN3. The number of aryl methyl sites for hydroxylation is 1. The molecule has 1 unspecified atom stereocenters. The van der Waals surface area contributed by atoms with E-state index < -0.39 is 0 Å². The smallest absolute Gasteiger partial charge is 0.138 e. The SMILES string of the molecule is CC(C)n1ncnc1CCCC(Cl)C1CC1. The molecule has 1 fully saturated rings. The molecule has 1 atom stereocenters. The quantitative estimate of drug-likeness (QED) is 0.716. The molecule has 3 nitrogen and oxygen atoms in total. The molecule has 1 aliphatic rings. The number of halogens is 1. The van der Waals surface area contributed by atoms with Crippen molar-refractivity contribution in [3.63, 3.8) is 0 Å². The highest BCUT2D eigenvalue weighted by molar-refractivity contribution is 6.20. The van der Waals surface area contributed by atoms with Gasteiger partial charge in [0, 0.05) is 17.8 Å². The molecule has 0 amide bonds. The van der Waals surface area contributed by atoms with Crippen molar-refractivity contribution in [3.05, 3.63) is 12.2 Å². The number of aromatic nitrogens is 3. The maximum atomic E-state index is 6.28. The zero-order chi connectivity index (χ0) is 11.5. The van der Waals surface area contributed by atoms with Crippen LogP contribution in [0, 0.1) is 5.92 Å². The van der Waals surface area contributed by atoms with Crippen molar-refractivity contribution in [3.8, 4) is 0 Å². The lowest BCUT2D eigenvalue weighted by Crippen LogP contribution is -2.09. The van der Waals surface area contributed by atoms with E-state index in [2.05, 4.69) is 23.9 Å². The van der Waals surface area contributed by atoms with Crippen LogP contribution < -0.4 is 0 Å². The largest absolute Gasteiger partial charge is 0.248 e. The number of nitrogens with zero attached hydrogens (tertiary/aromatic N) is 3. The zero-order valence-electron chi connectivity index (χ0n) is 10.1. The van der Waals surface area contributed by atoms with E-state index in [0.29, 0.717) is 11.4 Å². The summed E-state index contributed by atoms with van der Waals surface area (Å²) in [6.45, 7) is 4.26. The number of alkyl halides is 1. The third-order valence-corrected chi connectivity index (χ3v) is 3.72. The van der Waals surface area contributed by atoms with Gasteiger partial charge in [-0.1, -0.05) is 0 Å². The molecule has 0 radical (unpaired) electrons. The second-order valence-electron chi connectivity index (χ2n) is 4.96. The van der Waals surface area contributed by atoms with Gasteiger partial charge in [0.2, 0.25) is 0 Å². The summed E-state index contributed by atoms with van der Waals surface area (Å²) in [5, 5.41) is 4.62. The molecule has 1 heterocycles. The molecule has 0 aromatic carbocycles. The van der Waals surface area contributed by atoms with Crippen molar-refractivity contribution < 1.29 is 0 Å². The second kappa shape index (κ2) is 5.17. The lowest BCUT2D eigenvalue weighted by molar-refractivity contribution is 0.495. The highest BCUT2D eigenvalue weighted by Gasteiger charge is 2.29. The minimum absolute atomic E-state index is 0.385. The van der Waals surface area contributed by atoms with Crippen LogP contribution in [0.2, 0.25) is 0 Å². The van der Waals surface area contributed by atoms with Crippen LogP contribution in [0.1, 0.15) is 51.4 Å². The van der Waals surface area contributed by atoms with Crippen LogP contribution in [0.4, 0.5) is 0 Å². The second-order valence-corrected chi connectivity index (χ2v) is 5.52. The lowest BCUT2D eigenvalue weighted by Gasteiger charge is -2.10. The lowest BCUT2D eigenvalue weighted by atomic mass is 10.1. The van der Waals surface area contributed by atoms with Gasteiger partial charge in [0.1, 0.15) is 12.2 Å². The van der Waals surface area contributed by atoms with E-state index in [0.717, 1.165) is 31.0 Å². The third kappa shape index (κ3) is 2.97. The van der Waals surface area contributed by atoms with Gasteiger partial charge in [-0.3, -0.25) is 0 Å². The van der Waals surface area contributed by atoms with E-state index in [-0.39, 0.29) is 0 Å². The molecule has 0 N–H and O–H groups in total. The van der Waals surface area contributed by atoms with Gasteiger partial charge in [-0.25, -0.2) is 9.67 Å². The molecular weight excluding hydrogens is 222 g/mol. The van der Waals surface area contributed by atoms with Gasteiger partial charge >= 0.3 is 0 Å². The summed E-state index contributed by atoms with van der Waals surface area (Å²) >= 11 is 6.28. The first-order valence-electron chi connectivity index (χ1n) is 6.21. The van der Waals surface area contributed by atoms with Gasteiger partial charge in [-0.2, -0.15) is 5.10 Å². The zero-order valence-corrected chi connectivity index (χ0v) is 10.8. The Labute approximate surface area is 102 Å². The minimum atomic E-state index is 0.385. The standard InChI is InChI=1S/C12H20ClN3/c1-9(2)16-12(14-8-15-16)5-3-4-11(13)10-6-7-10/h8-11H,3-7H2,1-2H3. The molecule has 0 saturated heterocycles. The highest BCUT2D eigenvalue weighted by atomic mass is 35.5. The summed E-state index contributed by atoms with van der Waals surface area (Å²) in [5.41, 5.74) is 0. The van der Waals surface area contributed by atoms with Crippen LogP contribution in [0.25, 0.3) is 0 Å². The van der Waals surface area contributed by atoms with Crippen LogP contribution >= 0.6 is 11.6 Å². The van der Waals surface area contributed by atoms with Gasteiger partial charge in [-0.15, -0.1) is 11.6 Å². The topological polar surface area (TPSA) is 30.7 Å². The molecule has 0 aliphatic heterocycles. The van der Waals surface area contributed by atoms with Crippen molar-refractivity contribution in [1.29, 1.82) is 0 Å². The Balaban J connectivity index is 1.77. The van der Waals surface area contributed by atoms with E-state index in [1.165, 1.54) is 12.8 Å². The first kappa shape index (κ1) is 11.9. The fourth-order valence-electron chi connectivity index (χ4n) is 2.03. The molecule has 1 aliphatic carbocycles. The Morgan fingerprint density at radius 3 is 2.88 bits per heavy atom. The fraction of sp³-hybridized carbons (Fsp3) is 0.833. The van der Waals surface area contributed by atoms with Gasteiger partial charge in [0.05, 0.1) is 0 Å². The first-order chi connectivity index (χ1) is 7.68. The molecule has 1 aromatic rings. The predicted molar refractivity (Wildman–Crippen MR) is 65.7 cm³/mol. The average molecular weight is 242 g/mol. The van der Waals surface area contributed by atoms with Crippen molar-refractivity contribution in [2.24, 2.45) is 5.92 Å². The Kier molecular flexibility index (Phi) is 3.85. The summed E-state index contributed by atoms with van der Waals surface area (Å²) in [6.07, 6.45) is 7.53. The Hall–Kier alpha value is -0.570. The Morgan fingerprint density at radius 2 is 2.25 bits per heavy atom. The molecule has 0 bridgehead atoms. The summed E-state index contributed by atoms with van der Waals surface area (Å²) in [6, 6.07) is 0.396. The molecule has 0 spiro atoms. The van der Waals surface area contributed by atoms with Crippen molar-refractivity contribution in [1.82, 2.24) is 14.8 Å². The maximum Gasteiger partial charge on any atom is 0.138 e. The van der Waals surface area contributed by atoms with Gasteiger partial charge in [0.15, 0.2) is 0 Å². The number of rotatable bonds is 6. The summed E-state index contributed by atoms with van der Waals surface area (Å²) < 4.78 is 2.00. The molecule has 2 rings (SSSR count). The molecule has 1 saturated carbocycles. The predicted octanol–water partition coefficient (Wildman–Crippen LogP) is 3.20. The normalized spacial score (nSPS) is 18.0. The average Bonchev–Trinajstić information content (AvgIpc) is 2.98. The van der Waals surface area contributed by atoms with E-state index >= 15 is 0 Å². The van der Waals surface area contributed by atoms with Crippen molar-refractivity contribution >= 4 is 11.6 Å². The van der Waals surface area contributed by atoms with Gasteiger partial charge in [-0.05, 0) is 45.4 Å². The minimum Gasteiger partial charge on any atom is -0.248 e. The third-order valence-electron chi connectivity index (χ3n) is 3.15. The molecule has 4 heteroatoms. The Morgan fingerprint density at radius 1 is 1.50 bits per heavy atom. The van der Waals surface area contributed by atoms with Gasteiger partial charge in [0.25, 0.3) is 0 Å². The number of hydrogen-bond acceptors (Lipinski definition) is 2. The summed E-state index contributed by atoms with van der Waals surface area (Å²) in [5.74, 6) is 1.89. The van der Waals surface area contributed by atoms with E-state index in [4.69, 9.17) is 11.6 Å². The number of hydrogen-bond donors (Lipinski definition) is 0. The van der Waals surface area contributed by atoms with Crippen LogP contribution in [-0.2, 0) is 6.42 Å². The van der Waals surface area contributed by atoms with Crippen molar-refractivity contribution in [2.75, 3.05) is 0 Å². The highest BCUT2D eigenvalue weighted by Crippen LogP contribution is 2.37. The van der Waals surface area contributed by atoms with Crippen LogP contribution in [0.15, 0.2) is 6.33 Å². The van der Waals surface area contributed by atoms with Crippen LogP contribution in [-0.4, -0.2) is 20.1 Å². The summed E-state index contributed by atoms with van der Waals surface area (Å²) in [7, 11) is 0. The fourth-order valence-corrected chi connectivity index (χ4v) is 2.44. The maximum absolute atomic E-state index is 6.28. The first-order valence-corrected chi connectivity index (χ1v) is 6.64. The molecule has 16 heavy (non-hydrogen) atoms. The Bertz CT molecular complexity index is 331.